The number of rotatable bonds is 19. The van der Waals surface area contributed by atoms with Crippen LogP contribution in [0.1, 0.15) is 116 Å². The molecule has 13 amide bonds. The van der Waals surface area contributed by atoms with Gasteiger partial charge in [-0.25, -0.2) is 0 Å². The zero-order chi connectivity index (χ0) is 67.2. The second kappa shape index (κ2) is 34.7. The minimum absolute atomic E-state index is 0.0154. The molecule has 2 bridgehead atoms. The van der Waals surface area contributed by atoms with Crippen molar-refractivity contribution >= 4 is 105 Å². The van der Waals surface area contributed by atoms with Crippen LogP contribution in [0, 0.1) is 5.92 Å². The number of aromatic amines is 1. The minimum Gasteiger partial charge on any atom is -0.370 e. The van der Waals surface area contributed by atoms with Crippen LogP contribution in [0.5, 0.6) is 0 Å². The van der Waals surface area contributed by atoms with Gasteiger partial charge in [0.2, 0.25) is 76.8 Å². The highest BCUT2D eigenvalue weighted by Crippen LogP contribution is 2.23. The summed E-state index contributed by atoms with van der Waals surface area (Å²) in [7, 11) is 0. The Kier molecular flexibility index (Phi) is 27.1. The van der Waals surface area contributed by atoms with Gasteiger partial charge in [0.25, 0.3) is 0 Å². The van der Waals surface area contributed by atoms with E-state index in [-0.39, 0.29) is 95.7 Å². The molecule has 92 heavy (non-hydrogen) atoms. The number of nitrogens with one attached hydrogen (secondary N) is 12. The maximum atomic E-state index is 15.2. The van der Waals surface area contributed by atoms with Crippen molar-refractivity contribution in [3.05, 3.63) is 70.9 Å². The van der Waals surface area contributed by atoms with Gasteiger partial charge in [-0.1, -0.05) is 62.7 Å². The van der Waals surface area contributed by atoms with Crippen molar-refractivity contribution in [2.45, 2.75) is 178 Å². The molecule has 4 aliphatic heterocycles. The zero-order valence-electron chi connectivity index (χ0n) is 52.1. The lowest BCUT2D eigenvalue weighted by Crippen LogP contribution is -2.61. The monoisotopic (exact) mass is 1300 g/mol. The Morgan fingerprint density at radius 2 is 1.37 bits per heavy atom. The van der Waals surface area contributed by atoms with E-state index in [1.165, 1.54) is 11.8 Å². The molecule has 10 atom stereocenters. The number of aliphatic imine (C=N–C) groups is 1. The Bertz CT molecular complexity index is 3210. The molecule has 4 aliphatic rings. The smallest absolute Gasteiger partial charge is 0.245 e. The number of halogens is 1. The number of carbonyl (C=O) groups excluding carboxylic acids is 13. The number of aromatic nitrogens is 1. The summed E-state index contributed by atoms with van der Waals surface area (Å²) in [6.45, 7) is 5.91. The fourth-order valence-electron chi connectivity index (χ4n) is 11.0. The van der Waals surface area contributed by atoms with Gasteiger partial charge < -0.3 is 85.6 Å². The molecule has 18 N–H and O–H groups in total. The van der Waals surface area contributed by atoms with Gasteiger partial charge in [0.15, 0.2) is 5.96 Å². The third-order valence-corrected chi connectivity index (χ3v) is 16.2. The number of amides is 13. The Hall–Kier alpha value is -9.35. The van der Waals surface area contributed by atoms with E-state index in [1.54, 1.807) is 75.5 Å². The van der Waals surface area contributed by atoms with Gasteiger partial charge >= 0.3 is 0 Å². The quantitative estimate of drug-likeness (QED) is 0.0257. The zero-order valence-corrected chi connectivity index (χ0v) is 52.8. The van der Waals surface area contributed by atoms with E-state index in [2.05, 4.69) is 68.5 Å². The lowest BCUT2D eigenvalue weighted by Gasteiger charge is -2.31. The molecule has 30 nitrogen and oxygen atoms in total. The van der Waals surface area contributed by atoms with E-state index in [4.69, 9.17) is 28.8 Å². The summed E-state index contributed by atoms with van der Waals surface area (Å²) in [5, 5.41) is 30.1. The highest BCUT2D eigenvalue weighted by Gasteiger charge is 2.41. The molecule has 1 unspecified atom stereocenters. The van der Waals surface area contributed by atoms with Crippen molar-refractivity contribution in [1.82, 2.24) is 68.4 Å². The van der Waals surface area contributed by atoms with E-state index in [1.807, 2.05) is 0 Å². The van der Waals surface area contributed by atoms with Crippen LogP contribution in [0.4, 0.5) is 0 Å². The summed E-state index contributed by atoms with van der Waals surface area (Å²) < 4.78 is 0. The lowest BCUT2D eigenvalue weighted by molar-refractivity contribution is -0.142. The van der Waals surface area contributed by atoms with Crippen molar-refractivity contribution in [2.75, 3.05) is 26.2 Å². The molecule has 2 aromatic carbocycles. The SMILES string of the molecule is CC[C@H](NC(C)=O)C(=O)N[C@@H](Cc1ccc(Cl)cc1)C(=O)N[C@@H](Cc1c[nH]c2ccccc12)C(=O)N[C@H]1CC(=O)NCC(C(N)=O)NC(=O)[C@@H]2CCCN2C(=O)[C@H]2CCCCNC(=O)CC[C@H](NC1=O)C(=O)N[C@H](CCCN=C(N)N)C(=O)N[C@@H](CC(C)C)C(=O)N2. The molecule has 0 spiro atoms. The van der Waals surface area contributed by atoms with Crippen molar-refractivity contribution < 1.29 is 62.3 Å². The van der Waals surface area contributed by atoms with Crippen LogP contribution < -0.4 is 75.7 Å². The summed E-state index contributed by atoms with van der Waals surface area (Å²) in [6.07, 6.45) is 0.473. The normalized spacial score (nSPS) is 22.8. The van der Waals surface area contributed by atoms with Crippen LogP contribution in [-0.4, -0.2) is 179 Å². The van der Waals surface area contributed by atoms with Crippen LogP contribution in [0.3, 0.4) is 0 Å². The maximum absolute atomic E-state index is 15.2. The standard InChI is InChI=1S/C61H86ClN17O13/c1-5-38(70-33(4)80)52(84)75-44(27-34-17-19-36(62)20-18-34)56(88)76-45(28-35-30-68-39-13-7-6-12-37(35)39)57(89)77-46-29-50(82)69-31-47(51(63)83)78-59(91)48-16-11-25-79(48)60(92)42-14-8-9-23-66-49(81)22-21-41(72-58(46)90)54(86)71-40(15-10-24-67-61(64)65)53(85)74-43(26-32(2)3)55(87)73-42/h6-7,12-13,17-20,30,32,38,40-48,68H,5,8-11,14-16,21-29,31H2,1-4H3,(H2,63,83)(H,66,81)(H,69,82)(H,70,80)(H,71,86)(H,72,90)(H,73,87)(H,74,85)(H,75,84)(H,76,88)(H,77,89)(H,78,91)(H4,64,65,67)/t38-,40+,41-,42+,43-,44-,45-,46-,47?,48-/m0/s1. The molecule has 3 aromatic rings. The molecule has 4 saturated heterocycles. The average Bonchev–Trinajstić information content (AvgIpc) is 1.77. The predicted molar refractivity (Wildman–Crippen MR) is 338 cm³/mol. The number of fused-ring (bicyclic) bond motifs is 24. The number of nitrogens with two attached hydrogens (primary N) is 3. The third-order valence-electron chi connectivity index (χ3n) is 15.9. The Balaban J connectivity index is 1.45. The number of carbonyl (C=O) groups is 13. The van der Waals surface area contributed by atoms with Gasteiger partial charge in [0.1, 0.15) is 60.4 Å². The number of hydrogen-bond donors (Lipinski definition) is 15. The molecule has 0 aliphatic carbocycles. The van der Waals surface area contributed by atoms with Crippen molar-refractivity contribution in [2.24, 2.45) is 28.1 Å². The highest BCUT2D eigenvalue weighted by molar-refractivity contribution is 6.30. The molecule has 500 valence electrons. The van der Waals surface area contributed by atoms with Gasteiger partial charge in [-0.3, -0.25) is 67.3 Å². The predicted octanol–water partition coefficient (Wildman–Crippen LogP) is -2.42. The van der Waals surface area contributed by atoms with Crippen LogP contribution in [-0.2, 0) is 75.2 Å². The van der Waals surface area contributed by atoms with Gasteiger partial charge in [-0.2, -0.15) is 0 Å². The Morgan fingerprint density at radius 1 is 0.696 bits per heavy atom. The topological polar surface area (TPSA) is 464 Å². The van der Waals surface area contributed by atoms with Gasteiger partial charge in [-0.05, 0) is 99.5 Å². The Morgan fingerprint density at radius 3 is 2.05 bits per heavy atom. The molecule has 31 heteroatoms. The molecule has 1 aromatic heterocycles. The third kappa shape index (κ3) is 21.7. The van der Waals surface area contributed by atoms with Crippen LogP contribution in [0.25, 0.3) is 10.9 Å². The van der Waals surface area contributed by atoms with E-state index < -0.39 is 163 Å². The summed E-state index contributed by atoms with van der Waals surface area (Å²) in [5.74, 6) is -11.7. The minimum atomic E-state index is -1.98. The fourth-order valence-corrected chi connectivity index (χ4v) is 11.2. The molecular formula is C61H86ClN17O13. The van der Waals surface area contributed by atoms with Crippen molar-refractivity contribution in [3.63, 3.8) is 0 Å². The summed E-state index contributed by atoms with van der Waals surface area (Å²) in [5.41, 5.74) is 18.6. The van der Waals surface area contributed by atoms with Crippen molar-refractivity contribution in [3.8, 4) is 0 Å². The highest BCUT2D eigenvalue weighted by atomic mass is 35.5. The van der Waals surface area contributed by atoms with Gasteiger partial charge in [0.05, 0.1) is 6.42 Å². The number of hydrogen-bond acceptors (Lipinski definition) is 14. The summed E-state index contributed by atoms with van der Waals surface area (Å²) in [4.78, 5) is 193. The van der Waals surface area contributed by atoms with Crippen molar-refractivity contribution in [1.29, 1.82) is 0 Å². The molecular weight excluding hydrogens is 1210 g/mol. The summed E-state index contributed by atoms with van der Waals surface area (Å²) >= 11 is 6.20. The van der Waals surface area contributed by atoms with E-state index in [0.717, 1.165) is 0 Å². The molecule has 0 saturated carbocycles. The maximum Gasteiger partial charge on any atom is 0.245 e. The van der Waals surface area contributed by atoms with E-state index in [9.17, 15) is 52.7 Å². The number of benzene rings is 2. The van der Waals surface area contributed by atoms with E-state index in [0.29, 0.717) is 33.5 Å². The van der Waals surface area contributed by atoms with E-state index >= 15 is 9.59 Å². The fraction of sp³-hybridized carbons (Fsp3) is 0.541. The largest absolute Gasteiger partial charge is 0.370 e. The van der Waals surface area contributed by atoms with Gasteiger partial charge in [0, 0.05) is 74.5 Å². The molecule has 5 heterocycles. The molecule has 4 fully saturated rings. The first-order valence-corrected chi connectivity index (χ1v) is 31.4. The molecule has 0 radical (unpaired) electrons. The number of para-hydroxylation sites is 1. The molecule has 7 rings (SSSR count). The van der Waals surface area contributed by atoms with Gasteiger partial charge in [-0.15, -0.1) is 0 Å². The Labute approximate surface area is 537 Å². The second-order valence-corrected chi connectivity index (χ2v) is 24.0. The second-order valence-electron chi connectivity index (χ2n) is 23.6. The number of H-pyrrole nitrogens is 1. The average molecular weight is 1300 g/mol. The van der Waals surface area contributed by atoms with Crippen LogP contribution >= 0.6 is 11.6 Å². The summed E-state index contributed by atoms with van der Waals surface area (Å²) in [6, 6.07) is -1.22. The van der Waals surface area contributed by atoms with Crippen LogP contribution in [0.15, 0.2) is 59.7 Å². The first-order valence-electron chi connectivity index (χ1n) is 31.0. The number of guanidine groups is 1. The first-order chi connectivity index (χ1) is 43.8. The number of nitrogens with zero attached hydrogens (tertiary/aromatic N) is 2. The van der Waals surface area contributed by atoms with Crippen LogP contribution in [0.2, 0.25) is 5.02 Å². The first kappa shape index (κ1) is 71.7. The lowest BCUT2D eigenvalue weighted by atomic mass is 10.00. The number of primary amides is 1.